The first kappa shape index (κ1) is 22.1. The molecule has 2 heterocycles. The number of halogens is 6. The summed E-state index contributed by atoms with van der Waals surface area (Å²) in [5, 5.41) is 8.70. The summed E-state index contributed by atoms with van der Waals surface area (Å²) in [6.45, 7) is 0.228. The standard InChI is InChI=1S/C19H15F6N5O/c1-11-13(9-28-30(11)16-7-6-12(8-26-16)19(23,24)25)17(31)29-15-5-3-2-4-14(15)27-10-18(20,21)22/h2-9,27H,10H2,1H3,(H,29,31). The van der Waals surface area contributed by atoms with Crippen molar-refractivity contribution >= 4 is 17.3 Å². The topological polar surface area (TPSA) is 71.8 Å². The van der Waals surface area contributed by atoms with Crippen LogP contribution >= 0.6 is 0 Å². The monoisotopic (exact) mass is 443 g/mol. The van der Waals surface area contributed by atoms with Gasteiger partial charge in [-0.3, -0.25) is 4.79 Å². The number of hydrogen-bond acceptors (Lipinski definition) is 4. The molecule has 31 heavy (non-hydrogen) atoms. The van der Waals surface area contributed by atoms with Crippen molar-refractivity contribution in [3.63, 3.8) is 0 Å². The maximum absolute atomic E-state index is 12.7. The molecular weight excluding hydrogens is 428 g/mol. The lowest BCUT2D eigenvalue weighted by Crippen LogP contribution is -2.22. The zero-order valence-corrected chi connectivity index (χ0v) is 15.8. The molecule has 0 saturated carbocycles. The Morgan fingerprint density at radius 2 is 1.68 bits per heavy atom. The number of nitrogens with one attached hydrogen (secondary N) is 2. The summed E-state index contributed by atoms with van der Waals surface area (Å²) in [7, 11) is 0. The highest BCUT2D eigenvalue weighted by Gasteiger charge is 2.31. The van der Waals surface area contributed by atoms with Gasteiger partial charge in [-0.15, -0.1) is 0 Å². The molecule has 12 heteroatoms. The van der Waals surface area contributed by atoms with Crippen LogP contribution in [0.1, 0.15) is 21.6 Å². The fourth-order valence-electron chi connectivity index (χ4n) is 2.67. The Kier molecular flexibility index (Phi) is 5.91. The van der Waals surface area contributed by atoms with Crippen LogP contribution in [0.3, 0.4) is 0 Å². The predicted molar refractivity (Wildman–Crippen MR) is 100 cm³/mol. The minimum atomic E-state index is -4.54. The van der Waals surface area contributed by atoms with Gasteiger partial charge in [0, 0.05) is 6.20 Å². The van der Waals surface area contributed by atoms with Gasteiger partial charge < -0.3 is 10.6 Å². The van der Waals surface area contributed by atoms with Crippen LogP contribution in [0.15, 0.2) is 48.8 Å². The number of nitrogens with zero attached hydrogens (tertiary/aromatic N) is 3. The summed E-state index contributed by atoms with van der Waals surface area (Å²) in [6, 6.07) is 7.80. The number of para-hydroxylation sites is 2. The Balaban J connectivity index is 1.80. The average molecular weight is 443 g/mol. The normalized spacial score (nSPS) is 12.0. The number of pyridine rings is 1. The zero-order chi connectivity index (χ0) is 22.8. The highest BCUT2D eigenvalue weighted by Crippen LogP contribution is 2.29. The number of carbonyl (C=O) groups is 1. The lowest BCUT2D eigenvalue weighted by molar-refractivity contribution is -0.137. The molecule has 0 radical (unpaired) electrons. The summed E-state index contributed by atoms with van der Waals surface area (Å²) < 4.78 is 76.7. The second-order valence-corrected chi connectivity index (χ2v) is 6.43. The van der Waals surface area contributed by atoms with E-state index in [-0.39, 0.29) is 28.5 Å². The number of alkyl halides is 6. The van der Waals surface area contributed by atoms with E-state index in [1.54, 1.807) is 0 Å². The van der Waals surface area contributed by atoms with Crippen molar-refractivity contribution in [2.24, 2.45) is 0 Å². The van der Waals surface area contributed by atoms with Gasteiger partial charge in [-0.2, -0.15) is 31.4 Å². The van der Waals surface area contributed by atoms with Gasteiger partial charge in [0.1, 0.15) is 6.54 Å². The molecule has 164 valence electrons. The maximum Gasteiger partial charge on any atom is 0.417 e. The van der Waals surface area contributed by atoms with Gasteiger partial charge in [0.2, 0.25) is 0 Å². The molecule has 3 aromatic rings. The molecule has 0 fully saturated rings. The molecule has 1 aromatic carbocycles. The fourth-order valence-corrected chi connectivity index (χ4v) is 2.67. The van der Waals surface area contributed by atoms with E-state index in [1.165, 1.54) is 42.1 Å². The molecule has 0 atom stereocenters. The van der Waals surface area contributed by atoms with E-state index >= 15 is 0 Å². The minimum absolute atomic E-state index is 0.0665. The van der Waals surface area contributed by atoms with E-state index in [2.05, 4.69) is 20.7 Å². The molecule has 2 N–H and O–H groups in total. The summed E-state index contributed by atoms with van der Waals surface area (Å²) in [5.74, 6) is -0.589. The summed E-state index contributed by atoms with van der Waals surface area (Å²) >= 11 is 0. The third kappa shape index (κ3) is 5.32. The Morgan fingerprint density at radius 1 is 1.00 bits per heavy atom. The van der Waals surface area contributed by atoms with Crippen molar-refractivity contribution in [3.05, 3.63) is 65.6 Å². The summed E-state index contributed by atoms with van der Waals surface area (Å²) in [6.07, 6.45) is -7.14. The second kappa shape index (κ2) is 8.28. The van der Waals surface area contributed by atoms with Crippen LogP contribution in [0.5, 0.6) is 0 Å². The predicted octanol–water partition coefficient (Wildman–Crippen LogP) is 4.82. The first-order chi connectivity index (χ1) is 14.5. The van der Waals surface area contributed by atoms with Crippen LogP contribution in [0, 0.1) is 6.92 Å². The van der Waals surface area contributed by atoms with Crippen molar-refractivity contribution in [1.29, 1.82) is 0 Å². The third-order valence-corrected chi connectivity index (χ3v) is 4.20. The molecule has 0 bridgehead atoms. The Bertz CT molecular complexity index is 1070. The number of rotatable bonds is 5. The third-order valence-electron chi connectivity index (χ3n) is 4.20. The minimum Gasteiger partial charge on any atom is -0.375 e. The fraction of sp³-hybridized carbons (Fsp3) is 0.211. The molecular formula is C19H15F6N5O. The van der Waals surface area contributed by atoms with Crippen molar-refractivity contribution in [2.75, 3.05) is 17.2 Å². The molecule has 0 aliphatic rings. The van der Waals surface area contributed by atoms with Gasteiger partial charge in [0.25, 0.3) is 5.91 Å². The highest BCUT2D eigenvalue weighted by atomic mass is 19.4. The van der Waals surface area contributed by atoms with E-state index in [0.29, 0.717) is 6.20 Å². The smallest absolute Gasteiger partial charge is 0.375 e. The molecule has 1 amide bonds. The Morgan fingerprint density at radius 3 is 2.26 bits per heavy atom. The van der Waals surface area contributed by atoms with Crippen molar-refractivity contribution in [3.8, 4) is 5.82 Å². The van der Waals surface area contributed by atoms with Gasteiger partial charge in [0.15, 0.2) is 5.82 Å². The molecule has 0 aliphatic carbocycles. The van der Waals surface area contributed by atoms with Crippen LogP contribution in [0.2, 0.25) is 0 Å². The van der Waals surface area contributed by atoms with E-state index in [4.69, 9.17) is 0 Å². The van der Waals surface area contributed by atoms with Crippen LogP contribution in [-0.2, 0) is 6.18 Å². The van der Waals surface area contributed by atoms with Crippen molar-refractivity contribution < 1.29 is 31.1 Å². The largest absolute Gasteiger partial charge is 0.417 e. The van der Waals surface area contributed by atoms with Crippen LogP contribution < -0.4 is 10.6 Å². The summed E-state index contributed by atoms with van der Waals surface area (Å²) in [4.78, 5) is 16.4. The lowest BCUT2D eigenvalue weighted by Gasteiger charge is -2.14. The molecule has 3 rings (SSSR count). The number of benzene rings is 1. The Labute approximate surface area is 171 Å². The molecule has 0 saturated heterocycles. The van der Waals surface area contributed by atoms with Gasteiger partial charge in [-0.1, -0.05) is 12.1 Å². The lowest BCUT2D eigenvalue weighted by atomic mass is 10.2. The zero-order valence-electron chi connectivity index (χ0n) is 15.8. The number of aromatic nitrogens is 3. The average Bonchev–Trinajstić information content (AvgIpc) is 3.07. The van der Waals surface area contributed by atoms with Crippen LogP contribution in [-0.4, -0.2) is 33.4 Å². The van der Waals surface area contributed by atoms with E-state index in [9.17, 15) is 31.1 Å². The van der Waals surface area contributed by atoms with Crippen LogP contribution in [0.4, 0.5) is 37.7 Å². The SMILES string of the molecule is Cc1c(C(=O)Nc2ccccc2NCC(F)(F)F)cnn1-c1ccc(C(F)(F)F)cn1. The van der Waals surface area contributed by atoms with Crippen molar-refractivity contribution in [2.45, 2.75) is 19.3 Å². The first-order valence-corrected chi connectivity index (χ1v) is 8.75. The van der Waals surface area contributed by atoms with Crippen molar-refractivity contribution in [1.82, 2.24) is 14.8 Å². The molecule has 0 aliphatic heterocycles. The van der Waals surface area contributed by atoms with E-state index < -0.39 is 30.4 Å². The number of anilines is 2. The summed E-state index contributed by atoms with van der Waals surface area (Å²) in [5.41, 5.74) is -0.376. The number of carbonyl (C=O) groups excluding carboxylic acids is 1. The first-order valence-electron chi connectivity index (χ1n) is 8.75. The van der Waals surface area contributed by atoms with E-state index in [1.807, 2.05) is 0 Å². The van der Waals surface area contributed by atoms with E-state index in [0.717, 1.165) is 12.1 Å². The van der Waals surface area contributed by atoms with Gasteiger partial charge in [0.05, 0.1) is 34.4 Å². The Hall–Kier alpha value is -3.57. The van der Waals surface area contributed by atoms with Crippen LogP contribution in [0.25, 0.3) is 5.82 Å². The molecule has 6 nitrogen and oxygen atoms in total. The molecule has 0 spiro atoms. The van der Waals surface area contributed by atoms with Gasteiger partial charge >= 0.3 is 12.4 Å². The highest BCUT2D eigenvalue weighted by molar-refractivity contribution is 6.06. The van der Waals surface area contributed by atoms with Gasteiger partial charge in [-0.05, 0) is 31.2 Å². The second-order valence-electron chi connectivity index (χ2n) is 6.43. The molecule has 2 aromatic heterocycles. The van der Waals surface area contributed by atoms with Gasteiger partial charge in [-0.25, -0.2) is 9.67 Å². The maximum atomic E-state index is 12.7. The number of amides is 1. The quantitative estimate of drug-likeness (QED) is 0.555. The molecule has 0 unspecified atom stereocenters. The number of hydrogen-bond donors (Lipinski definition) is 2.